The van der Waals surface area contributed by atoms with Gasteiger partial charge in [-0.1, -0.05) is 43.5 Å². The van der Waals surface area contributed by atoms with Gasteiger partial charge in [0.2, 0.25) is 0 Å². The molecule has 0 saturated carbocycles. The molecule has 4 N–H and O–H groups in total. The molecular weight excluding hydrogens is 208 g/mol. The number of hydrogen-bond donors (Lipinski definition) is 2. The van der Waals surface area contributed by atoms with Gasteiger partial charge in [-0.2, -0.15) is 0 Å². The molecule has 0 radical (unpaired) electrons. The molecule has 15 heavy (non-hydrogen) atoms. The predicted molar refractivity (Wildman–Crippen MR) is 65.9 cm³/mol. The van der Waals surface area contributed by atoms with Gasteiger partial charge in [-0.15, -0.1) is 0 Å². The molecule has 3 heteroatoms. The first-order valence-corrected chi connectivity index (χ1v) is 5.79. The molecule has 0 aliphatic carbocycles. The van der Waals surface area contributed by atoms with Crippen molar-refractivity contribution < 1.29 is 0 Å². The molecule has 0 aromatic heterocycles. The van der Waals surface area contributed by atoms with Crippen LogP contribution in [0.4, 0.5) is 0 Å². The second-order valence-electron chi connectivity index (χ2n) is 3.88. The molecule has 0 spiro atoms. The van der Waals surface area contributed by atoms with Crippen LogP contribution in [0.15, 0.2) is 24.3 Å². The van der Waals surface area contributed by atoms with E-state index in [1.807, 2.05) is 24.3 Å². The zero-order chi connectivity index (χ0) is 11.3. The molecule has 0 aliphatic rings. The highest BCUT2D eigenvalue weighted by molar-refractivity contribution is 6.30. The molecular formula is C12H19ClN2. The van der Waals surface area contributed by atoms with E-state index in [9.17, 15) is 0 Å². The third kappa shape index (κ3) is 3.82. The molecule has 0 aliphatic heterocycles. The fourth-order valence-corrected chi connectivity index (χ4v) is 1.68. The van der Waals surface area contributed by atoms with Gasteiger partial charge in [0.15, 0.2) is 0 Å². The van der Waals surface area contributed by atoms with Gasteiger partial charge in [-0.3, -0.25) is 0 Å². The van der Waals surface area contributed by atoms with Crippen LogP contribution in [0.3, 0.4) is 0 Å². The van der Waals surface area contributed by atoms with Crippen LogP contribution in [0, 0.1) is 0 Å². The van der Waals surface area contributed by atoms with E-state index in [1.165, 1.54) is 0 Å². The van der Waals surface area contributed by atoms with Crippen molar-refractivity contribution in [3.8, 4) is 0 Å². The highest BCUT2D eigenvalue weighted by atomic mass is 35.5. The quantitative estimate of drug-likeness (QED) is 0.811. The average Bonchev–Trinajstić information content (AvgIpc) is 2.26. The summed E-state index contributed by atoms with van der Waals surface area (Å²) in [4.78, 5) is 0. The number of hydrogen-bond acceptors (Lipinski definition) is 2. The Morgan fingerprint density at radius 1 is 1.20 bits per heavy atom. The largest absolute Gasteiger partial charge is 0.326 e. The summed E-state index contributed by atoms with van der Waals surface area (Å²) in [6.45, 7) is 2.15. The Morgan fingerprint density at radius 3 is 2.33 bits per heavy atom. The van der Waals surface area contributed by atoms with E-state index >= 15 is 0 Å². The van der Waals surface area contributed by atoms with E-state index in [0.717, 1.165) is 29.8 Å². The Labute approximate surface area is 96.6 Å². The number of halogens is 1. The predicted octanol–water partition coefficient (Wildman–Crippen LogP) is 2.86. The second kappa shape index (κ2) is 6.11. The molecule has 0 amide bonds. The fourth-order valence-electron chi connectivity index (χ4n) is 1.55. The Kier molecular flexibility index (Phi) is 5.09. The van der Waals surface area contributed by atoms with Crippen LogP contribution >= 0.6 is 11.6 Å². The lowest BCUT2D eigenvalue weighted by Crippen LogP contribution is -2.33. The first-order valence-electron chi connectivity index (χ1n) is 5.41. The number of unbranched alkanes of at least 4 members (excludes halogenated alkanes) is 1. The summed E-state index contributed by atoms with van der Waals surface area (Å²) in [5.41, 5.74) is 13.1. The SMILES string of the molecule is CCCC[C@H](N)[C@H](N)c1ccc(Cl)cc1. The van der Waals surface area contributed by atoms with Crippen LogP contribution in [0.5, 0.6) is 0 Å². The van der Waals surface area contributed by atoms with Crippen LogP contribution < -0.4 is 11.5 Å². The first kappa shape index (κ1) is 12.5. The van der Waals surface area contributed by atoms with Gasteiger partial charge < -0.3 is 11.5 Å². The van der Waals surface area contributed by atoms with E-state index in [-0.39, 0.29) is 12.1 Å². The highest BCUT2D eigenvalue weighted by Gasteiger charge is 2.14. The standard InChI is InChI=1S/C12H19ClN2/c1-2-3-4-11(14)12(15)9-5-7-10(13)8-6-9/h5-8,11-12H,2-4,14-15H2,1H3/t11-,12+/m0/s1. The van der Waals surface area contributed by atoms with Gasteiger partial charge >= 0.3 is 0 Å². The van der Waals surface area contributed by atoms with Crippen LogP contribution in [0.1, 0.15) is 37.8 Å². The van der Waals surface area contributed by atoms with Crippen molar-refractivity contribution in [1.82, 2.24) is 0 Å². The third-order valence-electron chi connectivity index (χ3n) is 2.61. The lowest BCUT2D eigenvalue weighted by molar-refractivity contribution is 0.493. The molecule has 0 fully saturated rings. The molecule has 0 saturated heterocycles. The van der Waals surface area contributed by atoms with Gasteiger partial charge in [-0.05, 0) is 24.1 Å². The Balaban J connectivity index is 2.59. The smallest absolute Gasteiger partial charge is 0.0448 e. The Hall–Kier alpha value is -0.570. The zero-order valence-electron chi connectivity index (χ0n) is 9.12. The third-order valence-corrected chi connectivity index (χ3v) is 2.86. The summed E-state index contributed by atoms with van der Waals surface area (Å²) >= 11 is 5.81. The molecule has 0 unspecified atom stereocenters. The number of nitrogens with two attached hydrogens (primary N) is 2. The Morgan fingerprint density at radius 2 is 1.80 bits per heavy atom. The normalized spacial score (nSPS) is 14.9. The van der Waals surface area contributed by atoms with Crippen molar-refractivity contribution in [2.45, 2.75) is 38.3 Å². The van der Waals surface area contributed by atoms with E-state index in [1.54, 1.807) is 0 Å². The first-order chi connectivity index (χ1) is 7.15. The van der Waals surface area contributed by atoms with E-state index in [0.29, 0.717) is 0 Å². The average molecular weight is 227 g/mol. The molecule has 2 nitrogen and oxygen atoms in total. The van der Waals surface area contributed by atoms with Gasteiger partial charge in [0, 0.05) is 17.1 Å². The molecule has 0 bridgehead atoms. The van der Waals surface area contributed by atoms with Crippen molar-refractivity contribution in [3.63, 3.8) is 0 Å². The van der Waals surface area contributed by atoms with Crippen LogP contribution in [-0.2, 0) is 0 Å². The summed E-state index contributed by atoms with van der Waals surface area (Å²) in [6, 6.07) is 7.53. The van der Waals surface area contributed by atoms with Gasteiger partial charge in [-0.25, -0.2) is 0 Å². The lowest BCUT2D eigenvalue weighted by Gasteiger charge is -2.20. The fraction of sp³-hybridized carbons (Fsp3) is 0.500. The van der Waals surface area contributed by atoms with Crippen molar-refractivity contribution in [2.75, 3.05) is 0 Å². The zero-order valence-corrected chi connectivity index (χ0v) is 9.87. The maximum atomic E-state index is 6.06. The molecule has 0 heterocycles. The number of benzene rings is 1. The summed E-state index contributed by atoms with van der Waals surface area (Å²) in [6.07, 6.45) is 3.25. The van der Waals surface area contributed by atoms with Crippen molar-refractivity contribution >= 4 is 11.6 Å². The maximum absolute atomic E-state index is 6.06. The molecule has 1 aromatic rings. The summed E-state index contributed by atoms with van der Waals surface area (Å²) in [5.74, 6) is 0. The Bertz CT molecular complexity index is 284. The van der Waals surface area contributed by atoms with Crippen LogP contribution in [0.25, 0.3) is 0 Å². The topological polar surface area (TPSA) is 52.0 Å². The minimum atomic E-state index is -0.0891. The molecule has 1 aromatic carbocycles. The monoisotopic (exact) mass is 226 g/mol. The summed E-state index contributed by atoms with van der Waals surface area (Å²) in [7, 11) is 0. The van der Waals surface area contributed by atoms with Crippen LogP contribution in [-0.4, -0.2) is 6.04 Å². The van der Waals surface area contributed by atoms with E-state index < -0.39 is 0 Å². The van der Waals surface area contributed by atoms with Crippen molar-refractivity contribution in [1.29, 1.82) is 0 Å². The maximum Gasteiger partial charge on any atom is 0.0448 e. The molecule has 2 atom stereocenters. The van der Waals surface area contributed by atoms with E-state index in [4.69, 9.17) is 23.1 Å². The minimum Gasteiger partial charge on any atom is -0.326 e. The van der Waals surface area contributed by atoms with Gasteiger partial charge in [0.1, 0.15) is 0 Å². The second-order valence-corrected chi connectivity index (χ2v) is 4.32. The minimum absolute atomic E-state index is 0.0334. The van der Waals surface area contributed by atoms with Crippen molar-refractivity contribution in [2.24, 2.45) is 11.5 Å². The van der Waals surface area contributed by atoms with Crippen molar-refractivity contribution in [3.05, 3.63) is 34.9 Å². The lowest BCUT2D eigenvalue weighted by atomic mass is 9.97. The summed E-state index contributed by atoms with van der Waals surface area (Å²) < 4.78 is 0. The highest BCUT2D eigenvalue weighted by Crippen LogP contribution is 2.18. The molecule has 84 valence electrons. The van der Waals surface area contributed by atoms with Crippen LogP contribution in [0.2, 0.25) is 5.02 Å². The summed E-state index contributed by atoms with van der Waals surface area (Å²) in [5, 5.41) is 0.730. The van der Waals surface area contributed by atoms with Gasteiger partial charge in [0.05, 0.1) is 0 Å². The number of rotatable bonds is 5. The van der Waals surface area contributed by atoms with E-state index in [2.05, 4.69) is 6.92 Å². The molecule has 1 rings (SSSR count). The van der Waals surface area contributed by atoms with Gasteiger partial charge in [0.25, 0.3) is 0 Å².